The van der Waals surface area contributed by atoms with Gasteiger partial charge in [0.25, 0.3) is 5.56 Å². The van der Waals surface area contributed by atoms with Gasteiger partial charge in [-0.05, 0) is 25.7 Å². The zero-order chi connectivity index (χ0) is 17.6. The van der Waals surface area contributed by atoms with E-state index in [4.69, 9.17) is 0 Å². The van der Waals surface area contributed by atoms with Gasteiger partial charge in [-0.25, -0.2) is 4.98 Å². The molecule has 3 rings (SSSR count). The quantitative estimate of drug-likeness (QED) is 0.658. The number of hydrogen-bond donors (Lipinski definition) is 1. The number of aromatic nitrogens is 2. The Morgan fingerprint density at radius 1 is 1.32 bits per heavy atom. The number of amides is 1. The first kappa shape index (κ1) is 17.7. The van der Waals surface area contributed by atoms with Crippen molar-refractivity contribution in [3.63, 3.8) is 0 Å². The van der Waals surface area contributed by atoms with Gasteiger partial charge in [0.15, 0.2) is 5.16 Å². The van der Waals surface area contributed by atoms with Gasteiger partial charge in [-0.3, -0.25) is 9.59 Å². The van der Waals surface area contributed by atoms with Crippen LogP contribution in [0.2, 0.25) is 0 Å². The van der Waals surface area contributed by atoms with Gasteiger partial charge in [-0.1, -0.05) is 49.0 Å². The molecule has 25 heavy (non-hydrogen) atoms. The number of aromatic amines is 1. The summed E-state index contributed by atoms with van der Waals surface area (Å²) in [4.78, 5) is 33.7. The second-order valence-corrected chi connectivity index (χ2v) is 7.20. The fourth-order valence-corrected chi connectivity index (χ4v) is 3.99. The van der Waals surface area contributed by atoms with Crippen LogP contribution in [0.4, 0.5) is 0 Å². The molecule has 1 aliphatic rings. The second-order valence-electron chi connectivity index (χ2n) is 6.24. The van der Waals surface area contributed by atoms with E-state index in [1.54, 1.807) is 0 Å². The van der Waals surface area contributed by atoms with Crippen LogP contribution in [0.5, 0.6) is 0 Å². The number of nitrogens with zero attached hydrogens (tertiary/aromatic N) is 2. The van der Waals surface area contributed by atoms with E-state index in [1.165, 1.54) is 24.2 Å². The smallest absolute Gasteiger partial charge is 0.252 e. The summed E-state index contributed by atoms with van der Waals surface area (Å²) in [6.07, 6.45) is 4.36. The minimum absolute atomic E-state index is 0.129. The van der Waals surface area contributed by atoms with Crippen LogP contribution in [-0.2, 0) is 4.79 Å². The van der Waals surface area contributed by atoms with Gasteiger partial charge in [0.2, 0.25) is 5.91 Å². The van der Waals surface area contributed by atoms with Crippen molar-refractivity contribution in [2.45, 2.75) is 43.8 Å². The molecule has 1 saturated heterocycles. The van der Waals surface area contributed by atoms with Gasteiger partial charge in [0, 0.05) is 24.2 Å². The molecule has 2 aromatic rings. The molecule has 0 bridgehead atoms. The first-order chi connectivity index (χ1) is 12.2. The molecular weight excluding hydrogens is 334 g/mol. The maximum atomic E-state index is 12.6. The summed E-state index contributed by atoms with van der Waals surface area (Å²) in [6.45, 7) is 2.97. The number of rotatable bonds is 5. The predicted molar refractivity (Wildman–Crippen MR) is 101 cm³/mol. The van der Waals surface area contributed by atoms with Crippen molar-refractivity contribution < 1.29 is 4.79 Å². The normalized spacial score (nSPS) is 17.5. The van der Waals surface area contributed by atoms with Crippen molar-refractivity contribution in [3.05, 3.63) is 46.8 Å². The SMILES string of the molecule is CC[C@H]1CCCCN1C(=O)CSc1nc(-c2ccccc2)cc(=O)[nH]1. The standard InChI is InChI=1S/C19H23N3O2S/c1-2-15-10-6-7-11-22(15)18(24)13-25-19-20-16(12-17(23)21-19)14-8-4-3-5-9-14/h3-5,8-9,12,15H,2,6-7,10-11,13H2,1H3,(H,20,21,23)/t15-/m0/s1. The Labute approximate surface area is 151 Å². The van der Waals surface area contributed by atoms with Gasteiger partial charge >= 0.3 is 0 Å². The largest absolute Gasteiger partial charge is 0.339 e. The van der Waals surface area contributed by atoms with E-state index >= 15 is 0 Å². The molecule has 1 aliphatic heterocycles. The minimum Gasteiger partial charge on any atom is -0.339 e. The Morgan fingerprint density at radius 3 is 2.88 bits per heavy atom. The Morgan fingerprint density at radius 2 is 2.12 bits per heavy atom. The summed E-state index contributed by atoms with van der Waals surface area (Å²) in [6, 6.07) is 11.4. The monoisotopic (exact) mass is 357 g/mol. The summed E-state index contributed by atoms with van der Waals surface area (Å²) in [5.74, 6) is 0.432. The molecule has 0 radical (unpaired) electrons. The summed E-state index contributed by atoms with van der Waals surface area (Å²) in [5.41, 5.74) is 1.32. The van der Waals surface area contributed by atoms with Crippen molar-refractivity contribution >= 4 is 17.7 Å². The van der Waals surface area contributed by atoms with Gasteiger partial charge in [-0.15, -0.1) is 0 Å². The lowest BCUT2D eigenvalue weighted by Crippen LogP contribution is -2.44. The number of nitrogens with one attached hydrogen (secondary N) is 1. The summed E-state index contributed by atoms with van der Waals surface area (Å²) in [5, 5.41) is 0.491. The minimum atomic E-state index is -0.201. The van der Waals surface area contributed by atoms with Gasteiger partial charge < -0.3 is 9.88 Å². The van der Waals surface area contributed by atoms with E-state index in [2.05, 4.69) is 16.9 Å². The highest BCUT2D eigenvalue weighted by Crippen LogP contribution is 2.22. The van der Waals surface area contributed by atoms with Crippen molar-refractivity contribution in [2.75, 3.05) is 12.3 Å². The summed E-state index contributed by atoms with van der Waals surface area (Å²) >= 11 is 1.30. The van der Waals surface area contributed by atoms with Crippen LogP contribution in [-0.4, -0.2) is 39.1 Å². The molecule has 1 fully saturated rings. The third-order valence-electron chi connectivity index (χ3n) is 4.54. The van der Waals surface area contributed by atoms with Gasteiger partial charge in [0.1, 0.15) is 0 Å². The van der Waals surface area contributed by atoms with Crippen molar-refractivity contribution in [3.8, 4) is 11.3 Å². The number of benzene rings is 1. The van der Waals surface area contributed by atoms with Gasteiger partial charge in [-0.2, -0.15) is 0 Å². The van der Waals surface area contributed by atoms with Crippen molar-refractivity contribution in [1.29, 1.82) is 0 Å². The molecule has 0 unspecified atom stereocenters. The molecule has 1 amide bonds. The molecule has 0 aliphatic carbocycles. The zero-order valence-electron chi connectivity index (χ0n) is 14.4. The highest BCUT2D eigenvalue weighted by molar-refractivity contribution is 7.99. The molecule has 1 N–H and O–H groups in total. The lowest BCUT2D eigenvalue weighted by Gasteiger charge is -2.35. The number of hydrogen-bond acceptors (Lipinski definition) is 4. The molecular formula is C19H23N3O2S. The maximum absolute atomic E-state index is 12.6. The fourth-order valence-electron chi connectivity index (χ4n) is 3.23. The molecule has 6 heteroatoms. The number of H-pyrrole nitrogens is 1. The lowest BCUT2D eigenvalue weighted by atomic mass is 10.0. The van der Waals surface area contributed by atoms with Crippen LogP contribution in [0.3, 0.4) is 0 Å². The van der Waals surface area contributed by atoms with E-state index in [0.717, 1.165) is 31.4 Å². The number of likely N-dealkylation sites (tertiary alicyclic amines) is 1. The molecule has 1 atom stereocenters. The van der Waals surface area contributed by atoms with Crippen LogP contribution in [0.1, 0.15) is 32.6 Å². The molecule has 132 valence electrons. The third kappa shape index (κ3) is 4.51. The number of carbonyl (C=O) groups excluding carboxylic acids is 1. The van der Waals surface area contributed by atoms with E-state index in [9.17, 15) is 9.59 Å². The van der Waals surface area contributed by atoms with E-state index in [0.29, 0.717) is 22.6 Å². The van der Waals surface area contributed by atoms with E-state index in [1.807, 2.05) is 35.2 Å². The first-order valence-corrected chi connectivity index (χ1v) is 9.75. The van der Waals surface area contributed by atoms with Crippen LogP contribution in [0.25, 0.3) is 11.3 Å². The van der Waals surface area contributed by atoms with Crippen LogP contribution >= 0.6 is 11.8 Å². The summed E-state index contributed by atoms with van der Waals surface area (Å²) < 4.78 is 0. The van der Waals surface area contributed by atoms with E-state index in [-0.39, 0.29) is 11.5 Å². The first-order valence-electron chi connectivity index (χ1n) is 8.76. The Balaban J connectivity index is 1.70. The Hall–Kier alpha value is -2.08. The number of carbonyl (C=O) groups is 1. The maximum Gasteiger partial charge on any atom is 0.252 e. The molecule has 2 heterocycles. The lowest BCUT2D eigenvalue weighted by molar-refractivity contribution is -0.132. The highest BCUT2D eigenvalue weighted by atomic mass is 32.2. The van der Waals surface area contributed by atoms with E-state index < -0.39 is 0 Å². The second kappa shape index (κ2) is 8.34. The molecule has 1 aromatic carbocycles. The highest BCUT2D eigenvalue weighted by Gasteiger charge is 2.25. The van der Waals surface area contributed by atoms with Crippen LogP contribution in [0.15, 0.2) is 46.3 Å². The molecule has 0 saturated carbocycles. The predicted octanol–water partition coefficient (Wildman–Crippen LogP) is 3.32. The number of thioether (sulfide) groups is 1. The third-order valence-corrected chi connectivity index (χ3v) is 5.40. The topological polar surface area (TPSA) is 66.1 Å². The van der Waals surface area contributed by atoms with Crippen LogP contribution < -0.4 is 5.56 Å². The fraction of sp³-hybridized carbons (Fsp3) is 0.421. The van der Waals surface area contributed by atoms with Gasteiger partial charge in [0.05, 0.1) is 11.4 Å². The summed E-state index contributed by atoms with van der Waals surface area (Å²) in [7, 11) is 0. The number of piperidine rings is 1. The molecule has 1 aromatic heterocycles. The van der Waals surface area contributed by atoms with Crippen molar-refractivity contribution in [1.82, 2.24) is 14.9 Å². The average molecular weight is 357 g/mol. The molecule has 0 spiro atoms. The Bertz CT molecular complexity index is 776. The molecule has 5 nitrogen and oxygen atoms in total. The average Bonchev–Trinajstić information content (AvgIpc) is 2.66. The Kier molecular flexibility index (Phi) is 5.91. The zero-order valence-corrected chi connectivity index (χ0v) is 15.2. The van der Waals surface area contributed by atoms with Crippen molar-refractivity contribution in [2.24, 2.45) is 0 Å². The van der Waals surface area contributed by atoms with Crippen LogP contribution in [0, 0.1) is 0 Å².